The number of carbonyl (C=O) groups is 1. The van der Waals surface area contributed by atoms with Gasteiger partial charge in [0.2, 0.25) is 0 Å². The fourth-order valence-corrected chi connectivity index (χ4v) is 6.00. The van der Waals surface area contributed by atoms with Crippen LogP contribution in [-0.2, 0) is 24.1 Å². The molecule has 1 amide bonds. The summed E-state index contributed by atoms with van der Waals surface area (Å²) in [5, 5.41) is 2.85. The predicted octanol–water partition coefficient (Wildman–Crippen LogP) is 10.9. The van der Waals surface area contributed by atoms with E-state index in [9.17, 15) is 4.79 Å². The number of amides is 1. The van der Waals surface area contributed by atoms with Gasteiger partial charge in [0.1, 0.15) is 12.1 Å². The van der Waals surface area contributed by atoms with Gasteiger partial charge in [0.15, 0.2) is 12.4 Å². The van der Waals surface area contributed by atoms with Crippen LogP contribution < -0.4 is 9.88 Å². The molecule has 0 bridgehead atoms. The molecule has 0 aromatic carbocycles. The van der Waals surface area contributed by atoms with Gasteiger partial charge in [0.05, 0.1) is 0 Å². The lowest BCUT2D eigenvalue weighted by molar-refractivity contribution is -0.697. The van der Waals surface area contributed by atoms with Crippen molar-refractivity contribution in [3.63, 3.8) is 0 Å². The first-order chi connectivity index (χ1) is 21.9. The maximum absolute atomic E-state index is 11.6. The lowest BCUT2D eigenvalue weighted by atomic mass is 10.0. The molecule has 2 aromatic heterocycles. The number of ether oxygens (including phenoxy) is 1. The van der Waals surface area contributed by atoms with E-state index in [2.05, 4.69) is 45.5 Å². The lowest BCUT2D eigenvalue weighted by Crippen LogP contribution is -2.33. The highest BCUT2D eigenvalue weighted by Crippen LogP contribution is 2.14. The fourth-order valence-electron chi connectivity index (χ4n) is 6.00. The van der Waals surface area contributed by atoms with Gasteiger partial charge >= 0.3 is 6.09 Å². The normalized spacial score (nSPS) is 11.5. The number of nitrogens with zero attached hydrogens (tertiary/aromatic N) is 2. The van der Waals surface area contributed by atoms with Crippen molar-refractivity contribution in [2.75, 3.05) is 6.54 Å². The van der Waals surface area contributed by atoms with Crippen LogP contribution in [-0.4, -0.2) is 23.2 Å². The molecule has 0 aliphatic carbocycles. The summed E-state index contributed by atoms with van der Waals surface area (Å²) in [7, 11) is 0. The van der Waals surface area contributed by atoms with Crippen molar-refractivity contribution in [2.45, 2.75) is 181 Å². The first kappa shape index (κ1) is 38.8. The van der Waals surface area contributed by atoms with Crippen LogP contribution in [0, 0.1) is 0 Å². The van der Waals surface area contributed by atoms with E-state index in [-0.39, 0.29) is 6.09 Å². The number of pyridine rings is 2. The van der Waals surface area contributed by atoms with Gasteiger partial charge in [0, 0.05) is 37.0 Å². The molecule has 0 aliphatic rings. The van der Waals surface area contributed by atoms with Gasteiger partial charge in [-0.25, -0.2) is 9.36 Å². The molecule has 45 heavy (non-hydrogen) atoms. The Kier molecular flexibility index (Phi) is 22.2. The van der Waals surface area contributed by atoms with Crippen molar-refractivity contribution in [3.05, 3.63) is 60.2 Å². The highest BCUT2D eigenvalue weighted by atomic mass is 16.6. The number of rotatable bonds is 27. The summed E-state index contributed by atoms with van der Waals surface area (Å²) in [5.41, 5.74) is 2.46. The first-order valence-electron chi connectivity index (χ1n) is 18.8. The molecule has 0 fully saturated rings. The van der Waals surface area contributed by atoms with Crippen molar-refractivity contribution in [3.8, 4) is 0 Å². The molecule has 2 aromatic rings. The molecule has 2 rings (SSSR count). The van der Waals surface area contributed by atoms with Crippen molar-refractivity contribution in [1.82, 2.24) is 10.3 Å². The quantitative estimate of drug-likeness (QED) is 0.0796. The van der Waals surface area contributed by atoms with Gasteiger partial charge in [-0.1, -0.05) is 109 Å². The second-order valence-electron chi connectivity index (χ2n) is 14.2. The summed E-state index contributed by atoms with van der Waals surface area (Å²) in [6, 6.07) is 8.78. The molecule has 0 saturated heterocycles. The highest BCUT2D eigenvalue weighted by molar-refractivity contribution is 5.67. The van der Waals surface area contributed by atoms with Crippen LogP contribution >= 0.6 is 0 Å². The Morgan fingerprint density at radius 2 is 1.16 bits per heavy atom. The molecule has 5 heteroatoms. The standard InChI is InChI=1S/C40H67N3O2/c1-40(2,3)45-39(44)42-32-23-19-15-11-7-4-5-10-14-18-22-28-38-30-26-34-43(36-38)33-24-20-16-12-8-6-9-13-17-21-27-37-29-25-31-41-35-37/h25-26,29-31,34-36H,4-24,27-28,32-33H2,1-3H3/p+1. The summed E-state index contributed by atoms with van der Waals surface area (Å²) in [5.74, 6) is 0. The molecule has 0 saturated carbocycles. The Balaban J connectivity index is 1.32. The van der Waals surface area contributed by atoms with Gasteiger partial charge in [-0.05, 0) is 77.0 Å². The van der Waals surface area contributed by atoms with Crippen molar-refractivity contribution in [1.29, 1.82) is 0 Å². The molecule has 0 spiro atoms. The fraction of sp³-hybridized carbons (Fsp3) is 0.725. The summed E-state index contributed by atoms with van der Waals surface area (Å²) in [4.78, 5) is 15.8. The summed E-state index contributed by atoms with van der Waals surface area (Å²) >= 11 is 0. The Morgan fingerprint density at radius 3 is 1.69 bits per heavy atom. The number of alkyl carbamates (subject to hydrolysis) is 1. The summed E-state index contributed by atoms with van der Waals surface area (Å²) in [6.07, 6.45) is 38.6. The third-order valence-corrected chi connectivity index (χ3v) is 8.58. The number of hydrogen-bond acceptors (Lipinski definition) is 3. The van der Waals surface area contributed by atoms with E-state index in [1.54, 1.807) is 0 Å². The minimum atomic E-state index is -0.420. The second-order valence-corrected chi connectivity index (χ2v) is 14.2. The average Bonchev–Trinajstić information content (AvgIpc) is 3.01. The Bertz CT molecular complexity index is 973. The molecule has 0 radical (unpaired) electrons. The van der Waals surface area contributed by atoms with E-state index in [0.717, 1.165) is 13.0 Å². The molecular weight excluding hydrogens is 554 g/mol. The van der Waals surface area contributed by atoms with E-state index in [0.29, 0.717) is 6.54 Å². The topological polar surface area (TPSA) is 55.1 Å². The molecule has 5 nitrogen and oxygen atoms in total. The van der Waals surface area contributed by atoms with Crippen LogP contribution in [0.5, 0.6) is 0 Å². The number of nitrogens with one attached hydrogen (secondary N) is 1. The van der Waals surface area contributed by atoms with Crippen LogP contribution in [0.25, 0.3) is 0 Å². The zero-order valence-electron chi connectivity index (χ0n) is 29.5. The van der Waals surface area contributed by atoms with Crippen LogP contribution in [0.4, 0.5) is 4.79 Å². The van der Waals surface area contributed by atoms with Crippen molar-refractivity contribution < 1.29 is 14.1 Å². The van der Waals surface area contributed by atoms with Crippen LogP contribution in [0.2, 0.25) is 0 Å². The minimum Gasteiger partial charge on any atom is -0.444 e. The SMILES string of the molecule is CC(C)(C)OC(=O)NCCCCCCCCCCCCCc1ccc[n+](CCCCCCCCCCCCc2cccnc2)c1. The van der Waals surface area contributed by atoms with E-state index < -0.39 is 5.60 Å². The molecule has 1 N–H and O–H groups in total. The number of aryl methyl sites for hydroxylation is 3. The molecule has 254 valence electrons. The Hall–Kier alpha value is -2.43. The van der Waals surface area contributed by atoms with Gasteiger partial charge < -0.3 is 10.1 Å². The minimum absolute atomic E-state index is 0.299. The van der Waals surface area contributed by atoms with Crippen LogP contribution in [0.1, 0.15) is 167 Å². The Labute approximate surface area is 277 Å². The lowest BCUT2D eigenvalue weighted by Gasteiger charge is -2.19. The zero-order valence-corrected chi connectivity index (χ0v) is 29.5. The highest BCUT2D eigenvalue weighted by Gasteiger charge is 2.15. The summed E-state index contributed by atoms with van der Waals surface area (Å²) in [6.45, 7) is 7.56. The van der Waals surface area contributed by atoms with E-state index in [1.165, 1.54) is 152 Å². The van der Waals surface area contributed by atoms with E-state index >= 15 is 0 Å². The van der Waals surface area contributed by atoms with Crippen LogP contribution in [0.15, 0.2) is 49.1 Å². The summed E-state index contributed by atoms with van der Waals surface area (Å²) < 4.78 is 7.68. The molecule has 0 atom stereocenters. The van der Waals surface area contributed by atoms with Crippen molar-refractivity contribution in [2.24, 2.45) is 0 Å². The van der Waals surface area contributed by atoms with Gasteiger partial charge in [-0.3, -0.25) is 4.98 Å². The molecule has 0 aliphatic heterocycles. The average molecular weight is 623 g/mol. The van der Waals surface area contributed by atoms with Crippen LogP contribution in [0.3, 0.4) is 0 Å². The van der Waals surface area contributed by atoms with Gasteiger partial charge in [-0.15, -0.1) is 0 Å². The monoisotopic (exact) mass is 623 g/mol. The first-order valence-corrected chi connectivity index (χ1v) is 18.8. The zero-order chi connectivity index (χ0) is 32.3. The number of carbonyl (C=O) groups excluding carboxylic acids is 1. The van der Waals surface area contributed by atoms with Gasteiger partial charge in [0.25, 0.3) is 0 Å². The van der Waals surface area contributed by atoms with E-state index in [4.69, 9.17) is 4.74 Å². The molecular formula is C40H68N3O2+. The predicted molar refractivity (Wildman–Crippen MR) is 189 cm³/mol. The van der Waals surface area contributed by atoms with E-state index in [1.807, 2.05) is 39.2 Å². The number of hydrogen-bond donors (Lipinski definition) is 1. The third-order valence-electron chi connectivity index (χ3n) is 8.58. The number of unbranched alkanes of at least 4 members (excludes halogenated alkanes) is 19. The van der Waals surface area contributed by atoms with Gasteiger partial charge in [-0.2, -0.15) is 0 Å². The second kappa shape index (κ2) is 25.7. The largest absolute Gasteiger partial charge is 0.444 e. The maximum atomic E-state index is 11.6. The molecule has 2 heterocycles. The number of aromatic nitrogens is 2. The van der Waals surface area contributed by atoms with Crippen molar-refractivity contribution >= 4 is 6.09 Å². The third kappa shape index (κ3) is 23.6. The molecule has 0 unspecified atom stereocenters. The smallest absolute Gasteiger partial charge is 0.407 e. The maximum Gasteiger partial charge on any atom is 0.407 e. The Morgan fingerprint density at radius 1 is 0.667 bits per heavy atom.